The summed E-state index contributed by atoms with van der Waals surface area (Å²) in [7, 11) is 1.70. The molecule has 2 heterocycles. The Morgan fingerprint density at radius 1 is 1.20 bits per heavy atom. The van der Waals surface area contributed by atoms with E-state index in [-0.39, 0.29) is 5.91 Å². The lowest BCUT2D eigenvalue weighted by atomic mass is 9.98. The normalized spacial score (nSPS) is 26.8. The van der Waals surface area contributed by atoms with E-state index in [4.69, 9.17) is 4.74 Å². The lowest BCUT2D eigenvalue weighted by molar-refractivity contribution is -0.251. The van der Waals surface area contributed by atoms with Gasteiger partial charge in [-0.1, -0.05) is 30.3 Å². The van der Waals surface area contributed by atoms with Crippen molar-refractivity contribution in [1.82, 2.24) is 14.5 Å². The van der Waals surface area contributed by atoms with Gasteiger partial charge in [-0.2, -0.15) is 0 Å². The molecule has 1 aliphatic heterocycles. The molecule has 1 aromatic heterocycles. The highest BCUT2D eigenvalue weighted by molar-refractivity contribution is 5.91. The molecule has 1 aromatic carbocycles. The molecule has 0 bridgehead atoms. The number of imidazole rings is 1. The van der Waals surface area contributed by atoms with Crippen LogP contribution in [0, 0.1) is 0 Å². The number of carbonyl (C=O) groups is 1. The minimum absolute atomic E-state index is 0.132. The van der Waals surface area contributed by atoms with Gasteiger partial charge in [0, 0.05) is 32.3 Å². The first kappa shape index (κ1) is 22.1. The van der Waals surface area contributed by atoms with Crippen molar-refractivity contribution < 1.29 is 30.0 Å². The molecular weight excluding hydrogens is 390 g/mol. The summed E-state index contributed by atoms with van der Waals surface area (Å²) in [4.78, 5) is 18.1. The molecule has 0 saturated carbocycles. The van der Waals surface area contributed by atoms with Gasteiger partial charge in [-0.05, 0) is 11.6 Å². The van der Waals surface area contributed by atoms with Gasteiger partial charge in [0.1, 0.15) is 24.4 Å². The number of ether oxygens (including phenoxy) is 1. The minimum Gasteiger partial charge on any atom is -0.394 e. The largest absolute Gasteiger partial charge is 0.394 e. The molecule has 4 N–H and O–H groups in total. The van der Waals surface area contributed by atoms with Crippen molar-refractivity contribution in [2.24, 2.45) is 0 Å². The van der Waals surface area contributed by atoms with Crippen LogP contribution in [0.2, 0.25) is 0 Å². The van der Waals surface area contributed by atoms with E-state index < -0.39 is 37.3 Å². The van der Waals surface area contributed by atoms with Crippen molar-refractivity contribution in [2.75, 3.05) is 20.2 Å². The first-order valence-electron chi connectivity index (χ1n) is 9.71. The van der Waals surface area contributed by atoms with Gasteiger partial charge in [-0.15, -0.1) is 0 Å². The first-order valence-corrected chi connectivity index (χ1v) is 9.71. The summed E-state index contributed by atoms with van der Waals surface area (Å²) in [5.74, 6) is -0.132. The van der Waals surface area contributed by atoms with Gasteiger partial charge < -0.3 is 34.6 Å². The summed E-state index contributed by atoms with van der Waals surface area (Å²) in [5, 5.41) is 39.3. The summed E-state index contributed by atoms with van der Waals surface area (Å²) in [5.41, 5.74) is 1.61. The van der Waals surface area contributed by atoms with Crippen LogP contribution in [0.15, 0.2) is 48.9 Å². The first-order chi connectivity index (χ1) is 14.4. The van der Waals surface area contributed by atoms with E-state index in [1.807, 2.05) is 30.3 Å². The highest BCUT2D eigenvalue weighted by atomic mass is 16.6. The smallest absolute Gasteiger partial charge is 0.246 e. The Balaban J connectivity index is 1.56. The van der Waals surface area contributed by atoms with E-state index in [1.165, 1.54) is 17.0 Å². The summed E-state index contributed by atoms with van der Waals surface area (Å²) >= 11 is 0. The number of nitrogens with zero attached hydrogens (tertiary/aromatic N) is 3. The number of aliphatic hydroxyl groups is 4. The molecule has 9 heteroatoms. The Morgan fingerprint density at radius 3 is 2.63 bits per heavy atom. The second kappa shape index (κ2) is 9.96. The van der Waals surface area contributed by atoms with Gasteiger partial charge in [0.15, 0.2) is 6.23 Å². The van der Waals surface area contributed by atoms with Crippen LogP contribution in [0.25, 0.3) is 6.08 Å². The maximum atomic E-state index is 12.3. The molecular formula is C21H27N3O6. The van der Waals surface area contributed by atoms with Crippen molar-refractivity contribution >= 4 is 12.0 Å². The monoisotopic (exact) mass is 417 g/mol. The van der Waals surface area contributed by atoms with Crippen LogP contribution < -0.4 is 0 Å². The Morgan fingerprint density at radius 2 is 1.93 bits per heavy atom. The molecule has 0 aliphatic carbocycles. The Hall–Kier alpha value is -2.56. The van der Waals surface area contributed by atoms with Crippen LogP contribution in [0.3, 0.4) is 0 Å². The van der Waals surface area contributed by atoms with Gasteiger partial charge in [0.2, 0.25) is 5.91 Å². The van der Waals surface area contributed by atoms with E-state index in [9.17, 15) is 25.2 Å². The van der Waals surface area contributed by atoms with Gasteiger partial charge in [0.05, 0.1) is 18.6 Å². The molecule has 2 aromatic rings. The highest BCUT2D eigenvalue weighted by Gasteiger charge is 2.44. The second-order valence-corrected chi connectivity index (χ2v) is 7.29. The third-order valence-electron chi connectivity index (χ3n) is 5.11. The zero-order valence-corrected chi connectivity index (χ0v) is 16.7. The lowest BCUT2D eigenvalue weighted by Gasteiger charge is -2.40. The number of aromatic nitrogens is 2. The molecule has 1 aliphatic rings. The molecule has 0 radical (unpaired) electrons. The summed E-state index contributed by atoms with van der Waals surface area (Å²) in [6.07, 6.45) is 0.621. The lowest BCUT2D eigenvalue weighted by Crippen LogP contribution is -2.56. The average molecular weight is 417 g/mol. The highest BCUT2D eigenvalue weighted by Crippen LogP contribution is 2.28. The fraction of sp³-hybridized carbons (Fsp3) is 0.429. The maximum Gasteiger partial charge on any atom is 0.246 e. The number of amides is 1. The molecule has 1 amide bonds. The van der Waals surface area contributed by atoms with Gasteiger partial charge in [-0.3, -0.25) is 4.79 Å². The number of likely N-dealkylation sites (N-methyl/N-ethyl adjacent to an activating group) is 1. The van der Waals surface area contributed by atoms with Crippen molar-refractivity contribution in [1.29, 1.82) is 0 Å². The van der Waals surface area contributed by atoms with E-state index in [2.05, 4.69) is 4.98 Å². The molecule has 3 rings (SSSR count). The summed E-state index contributed by atoms with van der Waals surface area (Å²) in [6, 6.07) is 9.54. The topological polar surface area (TPSA) is 128 Å². The number of hydrogen-bond donors (Lipinski definition) is 4. The molecule has 0 spiro atoms. The average Bonchev–Trinajstić information content (AvgIpc) is 3.24. The van der Waals surface area contributed by atoms with Crippen LogP contribution >= 0.6 is 0 Å². The third kappa shape index (κ3) is 5.13. The summed E-state index contributed by atoms with van der Waals surface area (Å²) < 4.78 is 6.99. The number of carbonyl (C=O) groups excluding carboxylic acids is 1. The Kier molecular flexibility index (Phi) is 7.35. The van der Waals surface area contributed by atoms with Crippen molar-refractivity contribution in [2.45, 2.75) is 37.1 Å². The quantitative estimate of drug-likeness (QED) is 0.450. The number of benzene rings is 1. The van der Waals surface area contributed by atoms with Crippen molar-refractivity contribution in [3.8, 4) is 0 Å². The van der Waals surface area contributed by atoms with E-state index in [0.717, 1.165) is 5.56 Å². The molecule has 1 fully saturated rings. The Bertz CT molecular complexity index is 853. The van der Waals surface area contributed by atoms with Gasteiger partial charge >= 0.3 is 0 Å². The van der Waals surface area contributed by atoms with E-state index in [0.29, 0.717) is 18.7 Å². The zero-order valence-electron chi connectivity index (χ0n) is 16.7. The van der Waals surface area contributed by atoms with Crippen LogP contribution in [-0.4, -0.2) is 85.4 Å². The van der Waals surface area contributed by atoms with Gasteiger partial charge in [0.25, 0.3) is 0 Å². The SMILES string of the molecule is CN(CCc1cn([C@@H]2O[C@@H](CO)[C@@H](O)[C@@H](O)[C@H]2O)cn1)C(=O)/C=C/c1ccccc1. The molecule has 162 valence electrons. The van der Waals surface area contributed by atoms with Crippen LogP contribution in [0.5, 0.6) is 0 Å². The van der Waals surface area contributed by atoms with Crippen molar-refractivity contribution in [3.63, 3.8) is 0 Å². The standard InChI is InChI=1S/C21H27N3O6/c1-23(17(26)8-7-14-5-3-2-4-6-14)10-9-15-11-24(13-22-15)21-20(29)19(28)18(27)16(12-25)30-21/h2-8,11,13,16,18-21,25,27-29H,9-10,12H2,1H3/b8-7+/t16-,18+,19+,20+,21+/m0/s1. The van der Waals surface area contributed by atoms with Crippen LogP contribution in [0.4, 0.5) is 0 Å². The van der Waals surface area contributed by atoms with Crippen LogP contribution in [-0.2, 0) is 16.0 Å². The minimum atomic E-state index is -1.45. The van der Waals surface area contributed by atoms with Gasteiger partial charge in [-0.25, -0.2) is 4.98 Å². The molecule has 30 heavy (non-hydrogen) atoms. The fourth-order valence-corrected chi connectivity index (χ4v) is 3.23. The predicted molar refractivity (Wildman–Crippen MR) is 108 cm³/mol. The van der Waals surface area contributed by atoms with Crippen LogP contribution in [0.1, 0.15) is 17.5 Å². The molecule has 1 saturated heterocycles. The zero-order chi connectivity index (χ0) is 21.7. The molecule has 0 unspecified atom stereocenters. The van der Waals surface area contributed by atoms with Crippen molar-refractivity contribution in [3.05, 3.63) is 60.2 Å². The number of aliphatic hydroxyl groups excluding tert-OH is 4. The predicted octanol–water partition coefficient (Wildman–Crippen LogP) is -0.430. The molecule has 5 atom stereocenters. The second-order valence-electron chi connectivity index (χ2n) is 7.29. The van der Waals surface area contributed by atoms with E-state index >= 15 is 0 Å². The number of hydrogen-bond acceptors (Lipinski definition) is 7. The molecule has 9 nitrogen and oxygen atoms in total. The summed E-state index contributed by atoms with van der Waals surface area (Å²) in [6.45, 7) is -0.0595. The van der Waals surface area contributed by atoms with E-state index in [1.54, 1.807) is 24.2 Å². The maximum absolute atomic E-state index is 12.3. The Labute approximate surface area is 174 Å². The third-order valence-corrected chi connectivity index (χ3v) is 5.11. The fourth-order valence-electron chi connectivity index (χ4n) is 3.23. The number of rotatable bonds is 7.